The van der Waals surface area contributed by atoms with E-state index in [9.17, 15) is 14.7 Å². The molecule has 1 heterocycles. The van der Waals surface area contributed by atoms with Crippen LogP contribution in [-0.2, 0) is 15.0 Å². The highest BCUT2D eigenvalue weighted by atomic mass is 16.3. The molecule has 4 nitrogen and oxygen atoms in total. The van der Waals surface area contributed by atoms with Crippen molar-refractivity contribution in [1.29, 1.82) is 0 Å². The van der Waals surface area contributed by atoms with Gasteiger partial charge >= 0.3 is 0 Å². The lowest BCUT2D eigenvalue weighted by molar-refractivity contribution is -0.154. The fourth-order valence-corrected chi connectivity index (χ4v) is 3.37. The molecule has 1 atom stereocenters. The van der Waals surface area contributed by atoms with Gasteiger partial charge < -0.3 is 5.11 Å². The maximum absolute atomic E-state index is 12.8. The third-order valence-corrected chi connectivity index (χ3v) is 4.89. The van der Waals surface area contributed by atoms with E-state index in [1.54, 1.807) is 0 Å². The first-order valence-corrected chi connectivity index (χ1v) is 7.07. The van der Waals surface area contributed by atoms with Gasteiger partial charge in [0.1, 0.15) is 0 Å². The van der Waals surface area contributed by atoms with Crippen molar-refractivity contribution in [1.82, 2.24) is 4.90 Å². The highest BCUT2D eigenvalue weighted by Crippen LogP contribution is 2.45. The minimum Gasteiger partial charge on any atom is -0.394 e. The average molecular weight is 273 g/mol. The SMILES string of the molecule is CC1(c2ccccc2)CC(=O)N(C2(CO)CCC2)C1=O. The predicted octanol–water partition coefficient (Wildman–Crippen LogP) is 1.62. The molecule has 3 rings (SSSR count). The summed E-state index contributed by atoms with van der Waals surface area (Å²) in [6.45, 7) is 1.70. The van der Waals surface area contributed by atoms with Gasteiger partial charge in [-0.25, -0.2) is 0 Å². The molecular weight excluding hydrogens is 254 g/mol. The molecule has 0 spiro atoms. The third kappa shape index (κ3) is 1.64. The lowest BCUT2D eigenvalue weighted by atomic mass is 9.75. The Morgan fingerprint density at radius 3 is 2.35 bits per heavy atom. The Balaban J connectivity index is 1.98. The van der Waals surface area contributed by atoms with E-state index in [2.05, 4.69) is 0 Å². The van der Waals surface area contributed by atoms with E-state index in [1.807, 2.05) is 37.3 Å². The minimum atomic E-state index is -0.796. The highest BCUT2D eigenvalue weighted by Gasteiger charge is 2.57. The summed E-state index contributed by atoms with van der Waals surface area (Å²) in [6.07, 6.45) is 2.58. The van der Waals surface area contributed by atoms with Gasteiger partial charge in [0.15, 0.2) is 0 Å². The molecule has 106 valence electrons. The van der Waals surface area contributed by atoms with Gasteiger partial charge in [-0.15, -0.1) is 0 Å². The van der Waals surface area contributed by atoms with Crippen molar-refractivity contribution < 1.29 is 14.7 Å². The Morgan fingerprint density at radius 1 is 1.20 bits per heavy atom. The zero-order valence-corrected chi connectivity index (χ0v) is 11.6. The maximum Gasteiger partial charge on any atom is 0.240 e. The molecule has 1 aromatic carbocycles. The number of amides is 2. The molecule has 1 saturated carbocycles. The number of aliphatic hydroxyl groups is 1. The molecule has 0 bridgehead atoms. The van der Waals surface area contributed by atoms with E-state index in [0.717, 1.165) is 12.0 Å². The molecule has 20 heavy (non-hydrogen) atoms. The second-order valence-corrected chi connectivity index (χ2v) is 6.15. The van der Waals surface area contributed by atoms with Crippen LogP contribution in [0.15, 0.2) is 30.3 Å². The number of carbonyl (C=O) groups is 2. The van der Waals surface area contributed by atoms with Crippen LogP contribution in [0, 0.1) is 0 Å². The Labute approximate surface area is 118 Å². The Bertz CT molecular complexity index is 545. The minimum absolute atomic E-state index is 0.130. The van der Waals surface area contributed by atoms with Crippen LogP contribution in [0.1, 0.15) is 38.2 Å². The molecule has 0 aromatic heterocycles. The second kappa shape index (κ2) is 4.42. The lowest BCUT2D eigenvalue weighted by Gasteiger charge is -2.46. The Morgan fingerprint density at radius 2 is 1.85 bits per heavy atom. The van der Waals surface area contributed by atoms with Crippen molar-refractivity contribution in [3.8, 4) is 0 Å². The van der Waals surface area contributed by atoms with Crippen LogP contribution in [-0.4, -0.2) is 34.0 Å². The van der Waals surface area contributed by atoms with Crippen LogP contribution < -0.4 is 0 Å². The summed E-state index contributed by atoms with van der Waals surface area (Å²) in [5.41, 5.74) is -0.565. The first kappa shape index (κ1) is 13.3. The molecule has 1 N–H and O–H groups in total. The zero-order chi connectivity index (χ0) is 14.4. The number of nitrogens with zero attached hydrogens (tertiary/aromatic N) is 1. The zero-order valence-electron chi connectivity index (χ0n) is 11.6. The van der Waals surface area contributed by atoms with Gasteiger partial charge in [-0.3, -0.25) is 14.5 Å². The number of imide groups is 1. The number of benzene rings is 1. The summed E-state index contributed by atoms with van der Waals surface area (Å²) in [6, 6.07) is 9.44. The molecule has 1 aromatic rings. The normalized spacial score (nSPS) is 28.6. The number of hydrogen-bond donors (Lipinski definition) is 1. The average Bonchev–Trinajstić information content (AvgIpc) is 2.64. The summed E-state index contributed by atoms with van der Waals surface area (Å²) in [7, 11) is 0. The Kier molecular flexibility index (Phi) is 2.94. The van der Waals surface area contributed by atoms with Gasteiger partial charge in [0.25, 0.3) is 0 Å². The van der Waals surface area contributed by atoms with Crippen molar-refractivity contribution in [3.05, 3.63) is 35.9 Å². The van der Waals surface area contributed by atoms with Gasteiger partial charge in [-0.1, -0.05) is 30.3 Å². The van der Waals surface area contributed by atoms with Gasteiger partial charge in [0, 0.05) is 6.42 Å². The van der Waals surface area contributed by atoms with Crippen LogP contribution in [0.3, 0.4) is 0 Å². The molecule has 1 aliphatic heterocycles. The number of rotatable bonds is 3. The standard InChI is InChI=1S/C16H19NO3/c1-15(12-6-3-2-4-7-12)10-13(19)17(14(15)20)16(11-18)8-5-9-16/h2-4,6-7,18H,5,8-11H2,1H3. The monoisotopic (exact) mass is 273 g/mol. The van der Waals surface area contributed by atoms with E-state index in [-0.39, 0.29) is 24.8 Å². The van der Waals surface area contributed by atoms with E-state index in [0.29, 0.717) is 12.8 Å². The van der Waals surface area contributed by atoms with Crippen LogP contribution in [0.4, 0.5) is 0 Å². The third-order valence-electron chi connectivity index (χ3n) is 4.89. The van der Waals surface area contributed by atoms with E-state index in [4.69, 9.17) is 0 Å². The number of aliphatic hydroxyl groups excluding tert-OH is 1. The summed E-state index contributed by atoms with van der Waals surface area (Å²) < 4.78 is 0. The molecule has 2 fully saturated rings. The fourth-order valence-electron chi connectivity index (χ4n) is 3.37. The molecule has 2 aliphatic rings. The topological polar surface area (TPSA) is 57.6 Å². The van der Waals surface area contributed by atoms with Crippen molar-refractivity contribution in [3.63, 3.8) is 0 Å². The number of carbonyl (C=O) groups excluding carboxylic acids is 2. The van der Waals surface area contributed by atoms with Gasteiger partial charge in [0.05, 0.1) is 17.6 Å². The Hall–Kier alpha value is -1.68. The van der Waals surface area contributed by atoms with E-state index < -0.39 is 11.0 Å². The molecule has 0 radical (unpaired) electrons. The van der Waals surface area contributed by atoms with Gasteiger partial charge in [-0.05, 0) is 31.7 Å². The van der Waals surface area contributed by atoms with Crippen LogP contribution in [0.25, 0.3) is 0 Å². The molecule has 1 unspecified atom stereocenters. The summed E-state index contributed by atoms with van der Waals surface area (Å²) in [4.78, 5) is 26.5. The lowest BCUT2D eigenvalue weighted by Crippen LogP contribution is -2.59. The summed E-state index contributed by atoms with van der Waals surface area (Å²) >= 11 is 0. The first-order chi connectivity index (χ1) is 9.53. The van der Waals surface area contributed by atoms with Crippen molar-refractivity contribution in [2.24, 2.45) is 0 Å². The predicted molar refractivity (Wildman–Crippen MR) is 73.9 cm³/mol. The van der Waals surface area contributed by atoms with E-state index >= 15 is 0 Å². The number of likely N-dealkylation sites (tertiary alicyclic amines) is 1. The highest BCUT2D eigenvalue weighted by molar-refractivity contribution is 6.09. The quantitative estimate of drug-likeness (QED) is 0.851. The summed E-state index contributed by atoms with van der Waals surface area (Å²) in [5.74, 6) is -0.322. The maximum atomic E-state index is 12.8. The first-order valence-electron chi connectivity index (χ1n) is 7.07. The smallest absolute Gasteiger partial charge is 0.240 e. The molecule has 1 aliphatic carbocycles. The van der Waals surface area contributed by atoms with Crippen LogP contribution >= 0.6 is 0 Å². The van der Waals surface area contributed by atoms with Crippen LogP contribution in [0.2, 0.25) is 0 Å². The van der Waals surface area contributed by atoms with Crippen LogP contribution in [0.5, 0.6) is 0 Å². The summed E-state index contributed by atoms with van der Waals surface area (Å²) in [5, 5.41) is 9.63. The second-order valence-electron chi connectivity index (χ2n) is 6.15. The van der Waals surface area contributed by atoms with Crippen molar-refractivity contribution >= 4 is 11.8 Å². The molecule has 4 heteroatoms. The largest absolute Gasteiger partial charge is 0.394 e. The van der Waals surface area contributed by atoms with Gasteiger partial charge in [-0.2, -0.15) is 0 Å². The fraction of sp³-hybridized carbons (Fsp3) is 0.500. The van der Waals surface area contributed by atoms with Crippen molar-refractivity contribution in [2.45, 2.75) is 43.6 Å². The molecule has 2 amide bonds. The molecular formula is C16H19NO3. The number of hydrogen-bond acceptors (Lipinski definition) is 3. The molecule has 1 saturated heterocycles. The van der Waals surface area contributed by atoms with Crippen molar-refractivity contribution in [2.75, 3.05) is 6.61 Å². The van der Waals surface area contributed by atoms with E-state index in [1.165, 1.54) is 4.90 Å². The van der Waals surface area contributed by atoms with Gasteiger partial charge in [0.2, 0.25) is 11.8 Å².